The molecule has 6 heteroatoms. The van der Waals surface area contributed by atoms with Crippen molar-refractivity contribution in [1.29, 1.82) is 0 Å². The summed E-state index contributed by atoms with van der Waals surface area (Å²) in [5.74, 6) is -1.15. The van der Waals surface area contributed by atoms with E-state index in [1.165, 1.54) is 0 Å². The van der Waals surface area contributed by atoms with Gasteiger partial charge < -0.3 is 10.2 Å². The number of nitrogens with one attached hydrogen (secondary N) is 1. The van der Waals surface area contributed by atoms with Crippen LogP contribution in [0.3, 0.4) is 0 Å². The Labute approximate surface area is 136 Å². The first-order valence-electron chi connectivity index (χ1n) is 7.56. The Morgan fingerprint density at radius 2 is 2.00 bits per heavy atom. The van der Waals surface area contributed by atoms with Crippen molar-refractivity contribution in [2.45, 2.75) is 38.6 Å². The minimum absolute atomic E-state index is 0. The van der Waals surface area contributed by atoms with Gasteiger partial charge in [0, 0.05) is 18.2 Å². The molecule has 22 heavy (non-hydrogen) atoms. The van der Waals surface area contributed by atoms with Crippen molar-refractivity contribution in [2.24, 2.45) is 0 Å². The predicted octanol–water partition coefficient (Wildman–Crippen LogP) is 2.92. The number of halogens is 3. The molecule has 2 rings (SSSR count). The van der Waals surface area contributed by atoms with Gasteiger partial charge in [0.1, 0.15) is 11.6 Å². The molecule has 0 unspecified atom stereocenters. The van der Waals surface area contributed by atoms with Gasteiger partial charge in [0.2, 0.25) is 5.91 Å². The highest BCUT2D eigenvalue weighted by Crippen LogP contribution is 2.16. The lowest BCUT2D eigenvalue weighted by atomic mass is 10.0. The summed E-state index contributed by atoms with van der Waals surface area (Å²) < 4.78 is 26.9. The smallest absolute Gasteiger partial charge is 0.227 e. The van der Waals surface area contributed by atoms with Crippen molar-refractivity contribution in [3.63, 3.8) is 0 Å². The second-order valence-corrected chi connectivity index (χ2v) is 5.48. The van der Waals surface area contributed by atoms with Crippen LogP contribution in [-0.2, 0) is 11.2 Å². The fourth-order valence-corrected chi connectivity index (χ4v) is 2.81. The van der Waals surface area contributed by atoms with E-state index in [4.69, 9.17) is 0 Å². The Morgan fingerprint density at radius 3 is 2.64 bits per heavy atom. The number of hydrogen-bond donors (Lipinski definition) is 1. The largest absolute Gasteiger partial charge is 0.339 e. The molecule has 1 fully saturated rings. The average molecular weight is 333 g/mol. The van der Waals surface area contributed by atoms with E-state index < -0.39 is 11.6 Å². The molecule has 1 amide bonds. The minimum atomic E-state index is -0.522. The maximum Gasteiger partial charge on any atom is 0.227 e. The molecule has 0 atom stereocenters. The number of nitrogens with zero attached hydrogens (tertiary/aromatic N) is 1. The summed E-state index contributed by atoms with van der Waals surface area (Å²) in [4.78, 5) is 14.3. The predicted molar refractivity (Wildman–Crippen MR) is 85.2 cm³/mol. The molecule has 0 aliphatic carbocycles. The van der Waals surface area contributed by atoms with Crippen LogP contribution < -0.4 is 5.32 Å². The number of benzene rings is 1. The number of rotatable bonds is 5. The van der Waals surface area contributed by atoms with Gasteiger partial charge in [0.05, 0.1) is 6.42 Å². The highest BCUT2D eigenvalue weighted by Gasteiger charge is 2.25. The highest BCUT2D eigenvalue weighted by atomic mass is 35.5. The molecule has 124 valence electrons. The Morgan fingerprint density at radius 1 is 1.32 bits per heavy atom. The topological polar surface area (TPSA) is 32.3 Å². The monoisotopic (exact) mass is 332 g/mol. The molecule has 1 N–H and O–H groups in total. The molecule has 0 spiro atoms. The standard InChI is InChI=1S/C16H22F2N2O.ClH/c1-2-9-20(14-5-7-19-8-6-14)16(21)11-12-10-13(17)3-4-15(12)18;/h3-4,10,14,19H,2,5-9,11H2,1H3;1H. The summed E-state index contributed by atoms with van der Waals surface area (Å²) in [7, 11) is 0. The van der Waals surface area contributed by atoms with Gasteiger partial charge >= 0.3 is 0 Å². The van der Waals surface area contributed by atoms with Crippen LogP contribution in [0.4, 0.5) is 8.78 Å². The third-order valence-corrected chi connectivity index (χ3v) is 3.88. The molecular formula is C16H23ClF2N2O. The molecule has 1 aliphatic heterocycles. The third-order valence-electron chi connectivity index (χ3n) is 3.88. The van der Waals surface area contributed by atoms with Crippen LogP contribution in [0, 0.1) is 11.6 Å². The zero-order valence-corrected chi connectivity index (χ0v) is 13.6. The number of piperidine rings is 1. The van der Waals surface area contributed by atoms with Gasteiger partial charge in [0.15, 0.2) is 0 Å². The second kappa shape index (κ2) is 9.06. The Kier molecular flexibility index (Phi) is 7.76. The maximum absolute atomic E-state index is 13.7. The zero-order valence-electron chi connectivity index (χ0n) is 12.8. The summed E-state index contributed by atoms with van der Waals surface area (Å²) in [6, 6.07) is 3.46. The Balaban J connectivity index is 0.00000242. The van der Waals surface area contributed by atoms with E-state index in [1.807, 2.05) is 11.8 Å². The van der Waals surface area contributed by atoms with Crippen molar-refractivity contribution in [1.82, 2.24) is 10.2 Å². The molecule has 1 aliphatic rings. The van der Waals surface area contributed by atoms with Gasteiger partial charge in [-0.2, -0.15) is 0 Å². The lowest BCUT2D eigenvalue weighted by Gasteiger charge is -2.34. The van der Waals surface area contributed by atoms with Crippen LogP contribution in [0.2, 0.25) is 0 Å². The molecule has 1 aromatic carbocycles. The quantitative estimate of drug-likeness (QED) is 0.899. The normalized spacial score (nSPS) is 15.2. The van der Waals surface area contributed by atoms with Crippen molar-refractivity contribution in [3.05, 3.63) is 35.4 Å². The van der Waals surface area contributed by atoms with E-state index in [0.29, 0.717) is 6.54 Å². The summed E-state index contributed by atoms with van der Waals surface area (Å²) >= 11 is 0. The molecule has 3 nitrogen and oxygen atoms in total. The van der Waals surface area contributed by atoms with Crippen LogP contribution in [-0.4, -0.2) is 36.5 Å². The number of carbonyl (C=O) groups excluding carboxylic acids is 1. The maximum atomic E-state index is 13.7. The van der Waals surface area contributed by atoms with Crippen molar-refractivity contribution < 1.29 is 13.6 Å². The van der Waals surface area contributed by atoms with Crippen LogP contribution in [0.25, 0.3) is 0 Å². The first-order valence-corrected chi connectivity index (χ1v) is 7.56. The van der Waals surface area contributed by atoms with Crippen LogP contribution in [0.5, 0.6) is 0 Å². The molecule has 1 saturated heterocycles. The number of amides is 1. The van der Waals surface area contributed by atoms with Gasteiger partial charge in [-0.15, -0.1) is 12.4 Å². The molecule has 1 heterocycles. The summed E-state index contributed by atoms with van der Waals surface area (Å²) in [6.45, 7) is 4.48. The lowest BCUT2D eigenvalue weighted by Crippen LogP contribution is -2.47. The zero-order chi connectivity index (χ0) is 15.2. The first-order chi connectivity index (χ1) is 10.1. The van der Waals surface area contributed by atoms with E-state index in [9.17, 15) is 13.6 Å². The van der Waals surface area contributed by atoms with E-state index in [1.54, 1.807) is 0 Å². The van der Waals surface area contributed by atoms with Gasteiger partial charge in [-0.1, -0.05) is 6.92 Å². The molecule has 1 aromatic rings. The summed E-state index contributed by atoms with van der Waals surface area (Å²) in [5, 5.41) is 3.27. The highest BCUT2D eigenvalue weighted by molar-refractivity contribution is 5.85. The van der Waals surface area contributed by atoms with Crippen LogP contribution in [0.1, 0.15) is 31.7 Å². The number of carbonyl (C=O) groups is 1. The van der Waals surface area contributed by atoms with E-state index >= 15 is 0 Å². The minimum Gasteiger partial charge on any atom is -0.339 e. The van der Waals surface area contributed by atoms with Crippen molar-refractivity contribution >= 4 is 18.3 Å². The van der Waals surface area contributed by atoms with E-state index in [2.05, 4.69) is 5.32 Å². The molecule has 0 saturated carbocycles. The van der Waals surface area contributed by atoms with Crippen molar-refractivity contribution in [3.8, 4) is 0 Å². The summed E-state index contributed by atoms with van der Waals surface area (Å²) in [5.41, 5.74) is 0.134. The first kappa shape index (κ1) is 18.8. The molecule has 0 bridgehead atoms. The van der Waals surface area contributed by atoms with Gasteiger partial charge in [0.25, 0.3) is 0 Å². The Bertz CT molecular complexity index is 493. The average Bonchev–Trinajstić information content (AvgIpc) is 2.49. The van der Waals surface area contributed by atoms with Gasteiger partial charge in [-0.3, -0.25) is 4.79 Å². The third kappa shape index (κ3) is 4.92. The van der Waals surface area contributed by atoms with E-state index in [0.717, 1.165) is 50.6 Å². The molecule has 0 aromatic heterocycles. The van der Waals surface area contributed by atoms with Crippen LogP contribution >= 0.6 is 12.4 Å². The van der Waals surface area contributed by atoms with Gasteiger partial charge in [-0.25, -0.2) is 8.78 Å². The fraction of sp³-hybridized carbons (Fsp3) is 0.562. The van der Waals surface area contributed by atoms with Crippen molar-refractivity contribution in [2.75, 3.05) is 19.6 Å². The number of hydrogen-bond acceptors (Lipinski definition) is 2. The molecule has 0 radical (unpaired) electrons. The lowest BCUT2D eigenvalue weighted by molar-refractivity contribution is -0.133. The fourth-order valence-electron chi connectivity index (χ4n) is 2.81. The Hall–Kier alpha value is -1.20. The van der Waals surface area contributed by atoms with E-state index in [-0.39, 0.29) is 36.3 Å². The summed E-state index contributed by atoms with van der Waals surface area (Å²) in [6.07, 6.45) is 2.61. The SMILES string of the molecule is CCCN(C(=O)Cc1cc(F)ccc1F)C1CCNCC1.Cl. The molecular weight excluding hydrogens is 310 g/mol. The second-order valence-electron chi connectivity index (χ2n) is 5.48. The van der Waals surface area contributed by atoms with Gasteiger partial charge in [-0.05, 0) is 50.6 Å². The van der Waals surface area contributed by atoms with Crippen LogP contribution in [0.15, 0.2) is 18.2 Å².